The van der Waals surface area contributed by atoms with Crippen molar-refractivity contribution in [3.63, 3.8) is 0 Å². The van der Waals surface area contributed by atoms with Gasteiger partial charge in [0.1, 0.15) is 11.4 Å². The fraction of sp³-hybridized carbons (Fsp3) is 0.345. The second-order valence-corrected chi connectivity index (χ2v) is 8.67. The average molecular weight is 529 g/mol. The van der Waals surface area contributed by atoms with Gasteiger partial charge in [0.2, 0.25) is 0 Å². The Kier molecular flexibility index (Phi) is 10.4. The molecule has 3 aromatic heterocycles. The number of alkyl halides is 3. The van der Waals surface area contributed by atoms with Gasteiger partial charge in [0.15, 0.2) is 5.65 Å². The molecule has 0 aliphatic rings. The summed E-state index contributed by atoms with van der Waals surface area (Å²) in [4.78, 5) is 21.9. The number of fused-ring (bicyclic) bond motifs is 1. The molecule has 0 atom stereocenters. The van der Waals surface area contributed by atoms with Crippen molar-refractivity contribution < 1.29 is 22.7 Å². The highest BCUT2D eigenvalue weighted by molar-refractivity contribution is 5.95. The number of nitrogens with zero attached hydrogens (tertiary/aromatic N) is 3. The second-order valence-electron chi connectivity index (χ2n) is 8.67. The highest BCUT2D eigenvalue weighted by atomic mass is 19.4. The Morgan fingerprint density at radius 2 is 1.61 bits per heavy atom. The van der Waals surface area contributed by atoms with Crippen molar-refractivity contribution in [2.24, 2.45) is 0 Å². The van der Waals surface area contributed by atoms with Crippen LogP contribution in [0.1, 0.15) is 59.7 Å². The standard InChI is InChI=1S/C25H23F3N4O2.2C2H6/c1-24(2,3)34-23(33)32-20(18-9-4-5-10-19(18)25(26,27)28)14-16-11-12-21(31-22(16)32)30-15-17-8-6-7-13-29-17;2*1-2/h4-14H,15H2,1-3H3,(H,30,31);2*1-2H3. The van der Waals surface area contributed by atoms with Crippen LogP contribution in [0.25, 0.3) is 22.3 Å². The number of carbonyl (C=O) groups is 1. The number of hydrogen-bond acceptors (Lipinski definition) is 5. The van der Waals surface area contributed by atoms with E-state index in [9.17, 15) is 18.0 Å². The first-order valence-corrected chi connectivity index (χ1v) is 12.6. The highest BCUT2D eigenvalue weighted by Gasteiger charge is 2.35. The van der Waals surface area contributed by atoms with Gasteiger partial charge in [-0.05, 0) is 57.2 Å². The minimum Gasteiger partial charge on any atom is -0.443 e. The number of ether oxygens (including phenoxy) is 1. The number of halogens is 3. The fourth-order valence-corrected chi connectivity index (χ4v) is 3.50. The first kappa shape index (κ1) is 30.3. The maximum atomic E-state index is 13.8. The summed E-state index contributed by atoms with van der Waals surface area (Å²) in [5.74, 6) is 0.441. The quantitative estimate of drug-likeness (QED) is 0.287. The first-order valence-electron chi connectivity index (χ1n) is 12.6. The van der Waals surface area contributed by atoms with Crippen LogP contribution in [0.5, 0.6) is 0 Å². The molecule has 0 spiro atoms. The normalized spacial score (nSPS) is 11.1. The van der Waals surface area contributed by atoms with E-state index >= 15 is 0 Å². The SMILES string of the molecule is CC.CC.CC(C)(C)OC(=O)n1c(-c2ccccc2C(F)(F)F)cc2ccc(NCc3ccccn3)nc21. The predicted octanol–water partition coefficient (Wildman–Crippen LogP) is 8.56. The van der Waals surface area contributed by atoms with E-state index in [4.69, 9.17) is 4.74 Å². The second kappa shape index (κ2) is 13.1. The molecule has 9 heteroatoms. The zero-order valence-corrected chi connectivity index (χ0v) is 22.8. The van der Waals surface area contributed by atoms with Gasteiger partial charge in [0.05, 0.1) is 23.5 Å². The lowest BCUT2D eigenvalue weighted by molar-refractivity contribution is -0.137. The van der Waals surface area contributed by atoms with E-state index < -0.39 is 23.4 Å². The number of hydrogen-bond donors (Lipinski definition) is 1. The van der Waals surface area contributed by atoms with E-state index in [1.165, 1.54) is 24.3 Å². The van der Waals surface area contributed by atoms with Crippen LogP contribution in [0.15, 0.2) is 66.9 Å². The number of anilines is 1. The fourth-order valence-electron chi connectivity index (χ4n) is 3.50. The van der Waals surface area contributed by atoms with E-state index in [1.54, 1.807) is 39.1 Å². The summed E-state index contributed by atoms with van der Waals surface area (Å²) < 4.78 is 47.9. The van der Waals surface area contributed by atoms with Gasteiger partial charge in [-0.15, -0.1) is 0 Å². The van der Waals surface area contributed by atoms with Gasteiger partial charge < -0.3 is 10.1 Å². The van der Waals surface area contributed by atoms with Gasteiger partial charge in [0.25, 0.3) is 0 Å². The molecule has 0 fully saturated rings. The van der Waals surface area contributed by atoms with Crippen LogP contribution in [0, 0.1) is 0 Å². The van der Waals surface area contributed by atoms with Crippen LogP contribution in [-0.4, -0.2) is 26.2 Å². The van der Waals surface area contributed by atoms with Gasteiger partial charge >= 0.3 is 12.3 Å². The first-order chi connectivity index (χ1) is 18.0. The summed E-state index contributed by atoms with van der Waals surface area (Å²) in [5, 5.41) is 3.63. The Morgan fingerprint density at radius 3 is 2.21 bits per heavy atom. The third-order valence-electron chi connectivity index (χ3n) is 4.91. The molecule has 0 bridgehead atoms. The number of pyridine rings is 2. The summed E-state index contributed by atoms with van der Waals surface area (Å²) in [6, 6.07) is 15.5. The zero-order valence-electron chi connectivity index (χ0n) is 22.8. The molecule has 6 nitrogen and oxygen atoms in total. The van der Waals surface area contributed by atoms with E-state index in [0.29, 0.717) is 17.7 Å². The summed E-state index contributed by atoms with van der Waals surface area (Å²) in [6.07, 6.45) is -3.75. The lowest BCUT2D eigenvalue weighted by Gasteiger charge is -2.21. The summed E-state index contributed by atoms with van der Waals surface area (Å²) in [7, 11) is 0. The van der Waals surface area contributed by atoms with Crippen molar-refractivity contribution in [1.29, 1.82) is 0 Å². The number of carbonyl (C=O) groups excluding carboxylic acids is 1. The minimum absolute atomic E-state index is 0.0477. The van der Waals surface area contributed by atoms with Crippen LogP contribution < -0.4 is 5.32 Å². The highest BCUT2D eigenvalue weighted by Crippen LogP contribution is 2.39. The van der Waals surface area contributed by atoms with Crippen molar-refractivity contribution in [2.45, 2.75) is 66.8 Å². The smallest absolute Gasteiger partial charge is 0.420 e. The lowest BCUT2D eigenvalue weighted by atomic mass is 10.0. The molecule has 4 aromatic rings. The zero-order chi connectivity index (χ0) is 28.5. The third-order valence-corrected chi connectivity index (χ3v) is 4.91. The van der Waals surface area contributed by atoms with Gasteiger partial charge in [-0.2, -0.15) is 13.2 Å². The molecule has 0 radical (unpaired) electrons. The molecule has 0 saturated heterocycles. The van der Waals surface area contributed by atoms with E-state index in [-0.39, 0.29) is 16.9 Å². The molecule has 0 saturated carbocycles. The lowest BCUT2D eigenvalue weighted by Crippen LogP contribution is -2.27. The molecule has 38 heavy (non-hydrogen) atoms. The Hall–Kier alpha value is -3.88. The van der Waals surface area contributed by atoms with Gasteiger partial charge in [0, 0.05) is 17.1 Å². The Labute approximate surface area is 221 Å². The van der Waals surface area contributed by atoms with Gasteiger partial charge in [-0.25, -0.2) is 14.3 Å². The molecule has 0 aliphatic heterocycles. The largest absolute Gasteiger partial charge is 0.443 e. The Bertz CT molecular complexity index is 1330. The third kappa shape index (κ3) is 7.57. The molecule has 0 aliphatic carbocycles. The molecule has 0 unspecified atom stereocenters. The Balaban J connectivity index is 0.00000121. The van der Waals surface area contributed by atoms with E-state index in [0.717, 1.165) is 16.3 Å². The molecule has 1 aromatic carbocycles. The maximum Gasteiger partial charge on any atom is 0.420 e. The van der Waals surface area contributed by atoms with Gasteiger partial charge in [-0.3, -0.25) is 4.98 Å². The van der Waals surface area contributed by atoms with Gasteiger partial charge in [-0.1, -0.05) is 52.0 Å². The summed E-state index contributed by atoms with van der Waals surface area (Å²) >= 11 is 0. The molecule has 4 rings (SSSR count). The number of nitrogens with one attached hydrogen (secondary N) is 1. The predicted molar refractivity (Wildman–Crippen MR) is 146 cm³/mol. The van der Waals surface area contributed by atoms with E-state index in [1.807, 2.05) is 45.9 Å². The Morgan fingerprint density at radius 1 is 0.947 bits per heavy atom. The molecular weight excluding hydrogens is 493 g/mol. The van der Waals surface area contributed by atoms with Crippen LogP contribution in [0.3, 0.4) is 0 Å². The topological polar surface area (TPSA) is 69.0 Å². The van der Waals surface area contributed by atoms with Crippen molar-refractivity contribution in [3.8, 4) is 11.3 Å². The van der Waals surface area contributed by atoms with Crippen LogP contribution >= 0.6 is 0 Å². The summed E-state index contributed by atoms with van der Waals surface area (Å²) in [6.45, 7) is 13.4. The maximum absolute atomic E-state index is 13.8. The molecule has 1 N–H and O–H groups in total. The molecule has 3 heterocycles. The number of benzene rings is 1. The van der Waals surface area contributed by atoms with E-state index in [2.05, 4.69) is 15.3 Å². The number of aromatic nitrogens is 3. The van der Waals surface area contributed by atoms with Crippen molar-refractivity contribution >= 4 is 22.9 Å². The monoisotopic (exact) mass is 528 g/mol. The molecular formula is C29H35F3N4O2. The number of rotatable bonds is 4. The van der Waals surface area contributed by atoms with Crippen LogP contribution in [0.4, 0.5) is 23.8 Å². The average Bonchev–Trinajstić information content (AvgIpc) is 3.28. The van der Waals surface area contributed by atoms with Crippen LogP contribution in [-0.2, 0) is 17.5 Å². The van der Waals surface area contributed by atoms with Crippen molar-refractivity contribution in [3.05, 3.63) is 78.1 Å². The minimum atomic E-state index is -4.60. The molecule has 0 amide bonds. The van der Waals surface area contributed by atoms with Crippen molar-refractivity contribution in [2.75, 3.05) is 5.32 Å². The molecule has 204 valence electrons. The van der Waals surface area contributed by atoms with Crippen molar-refractivity contribution in [1.82, 2.24) is 14.5 Å². The van der Waals surface area contributed by atoms with Crippen LogP contribution in [0.2, 0.25) is 0 Å². The summed E-state index contributed by atoms with van der Waals surface area (Å²) in [5.41, 5.74) is -0.827.